The van der Waals surface area contributed by atoms with Crippen molar-refractivity contribution in [2.24, 2.45) is 9.81 Å². The molecule has 3 heterocycles. The van der Waals surface area contributed by atoms with E-state index in [1.807, 2.05) is 34.6 Å². The Morgan fingerprint density at radius 1 is 1.35 bits per heavy atom. The lowest BCUT2D eigenvalue weighted by molar-refractivity contribution is 0.0519. The summed E-state index contributed by atoms with van der Waals surface area (Å²) in [6.07, 6.45) is 1.40. The molecule has 0 N–H and O–H groups in total. The fourth-order valence-electron chi connectivity index (χ4n) is 3.86. The normalized spacial score (nSPS) is 23.4. The molecule has 1 spiro atoms. The highest BCUT2D eigenvalue weighted by Crippen LogP contribution is 2.42. The van der Waals surface area contributed by atoms with Crippen LogP contribution >= 0.6 is 15.9 Å². The molecule has 1 aromatic heterocycles. The van der Waals surface area contributed by atoms with Crippen LogP contribution in [-0.4, -0.2) is 63.0 Å². The molecule has 0 radical (unpaired) electrons. The Morgan fingerprint density at radius 3 is 2.58 bits per heavy atom. The molecule has 0 bridgehead atoms. The number of rotatable bonds is 4. The fourth-order valence-corrected chi connectivity index (χ4v) is 4.92. The van der Waals surface area contributed by atoms with Gasteiger partial charge in [-0.3, -0.25) is 0 Å². The zero-order chi connectivity index (χ0) is 23.0. The Bertz CT molecular complexity index is 907. The van der Waals surface area contributed by atoms with E-state index in [9.17, 15) is 9.00 Å². The number of esters is 1. The number of aromatic nitrogens is 2. The van der Waals surface area contributed by atoms with Crippen molar-refractivity contribution in [3.8, 4) is 0 Å². The van der Waals surface area contributed by atoms with Gasteiger partial charge >= 0.3 is 5.97 Å². The molecule has 2 fully saturated rings. The lowest BCUT2D eigenvalue weighted by Crippen LogP contribution is -2.46. The van der Waals surface area contributed by atoms with Gasteiger partial charge in [-0.1, -0.05) is 0 Å². The second-order valence-corrected chi connectivity index (χ2v) is 11.7. The number of halogens is 1. The smallest absolute Gasteiger partial charge is 0.360 e. The number of carbonyl (C=O) groups is 1. The molecule has 2 saturated heterocycles. The van der Waals surface area contributed by atoms with Crippen LogP contribution in [0.4, 0.5) is 5.82 Å². The third-order valence-electron chi connectivity index (χ3n) is 5.73. The topological polar surface area (TPSA) is 94.0 Å². The van der Waals surface area contributed by atoms with E-state index in [1.165, 1.54) is 0 Å². The summed E-state index contributed by atoms with van der Waals surface area (Å²) >= 11 is 3.36. The van der Waals surface area contributed by atoms with Crippen LogP contribution in [0.15, 0.2) is 9.00 Å². The fraction of sp³-hybridized carbons (Fsp3) is 0.714. The SMILES string of the molecule is CCOC(=O)c1nc(Br)c(C)nc1N1CCC2(CC1)CO[C@@H](C)/C2=N\[S@](=O)C(C)(C)C. The van der Waals surface area contributed by atoms with E-state index in [1.54, 1.807) is 6.92 Å². The minimum atomic E-state index is -1.33. The molecule has 2 aliphatic heterocycles. The summed E-state index contributed by atoms with van der Waals surface area (Å²) in [5.74, 6) is 0.0596. The van der Waals surface area contributed by atoms with Crippen LogP contribution in [0.5, 0.6) is 0 Å². The van der Waals surface area contributed by atoms with Crippen LogP contribution in [0.2, 0.25) is 0 Å². The summed E-state index contributed by atoms with van der Waals surface area (Å²) in [6.45, 7) is 13.5. The summed E-state index contributed by atoms with van der Waals surface area (Å²) < 4.78 is 28.6. The second-order valence-electron chi connectivity index (χ2n) is 9.05. The molecule has 0 saturated carbocycles. The first kappa shape index (κ1) is 24.3. The maximum absolute atomic E-state index is 12.7. The number of carbonyl (C=O) groups excluding carboxylic acids is 1. The predicted molar refractivity (Wildman–Crippen MR) is 125 cm³/mol. The van der Waals surface area contributed by atoms with Crippen molar-refractivity contribution >= 4 is 44.4 Å². The third-order valence-corrected chi connectivity index (χ3v) is 7.89. The summed E-state index contributed by atoms with van der Waals surface area (Å²) in [5, 5.41) is 0. The average Bonchev–Trinajstić information content (AvgIpc) is 2.99. The quantitative estimate of drug-likeness (QED) is 0.566. The van der Waals surface area contributed by atoms with E-state index in [4.69, 9.17) is 9.47 Å². The van der Waals surface area contributed by atoms with Crippen molar-refractivity contribution in [1.82, 2.24) is 9.97 Å². The minimum absolute atomic E-state index is 0.150. The number of aryl methyl sites for hydroxylation is 1. The molecule has 2 atom stereocenters. The Balaban J connectivity index is 1.87. The maximum Gasteiger partial charge on any atom is 0.360 e. The van der Waals surface area contributed by atoms with Gasteiger partial charge in [-0.05, 0) is 70.3 Å². The Labute approximate surface area is 194 Å². The molecule has 8 nitrogen and oxygen atoms in total. The van der Waals surface area contributed by atoms with Crippen molar-refractivity contribution < 1.29 is 18.5 Å². The Morgan fingerprint density at radius 2 is 2.00 bits per heavy atom. The van der Waals surface area contributed by atoms with Crippen LogP contribution in [-0.2, 0) is 20.5 Å². The first-order valence-electron chi connectivity index (χ1n) is 10.6. The highest BCUT2D eigenvalue weighted by Gasteiger charge is 2.48. The Kier molecular flexibility index (Phi) is 7.22. The predicted octanol–water partition coefficient (Wildman–Crippen LogP) is 3.63. The van der Waals surface area contributed by atoms with Crippen molar-refractivity contribution in [1.29, 1.82) is 0 Å². The summed E-state index contributed by atoms with van der Waals surface area (Å²) in [4.78, 5) is 23.6. The van der Waals surface area contributed by atoms with Crippen LogP contribution in [0.25, 0.3) is 0 Å². The number of hydrogen-bond acceptors (Lipinski definition) is 7. The average molecular weight is 515 g/mol. The standard InChI is InChI=1S/C21H31BrN4O4S/c1-7-29-19(27)15-18(23-13(2)17(22)24-15)26-10-8-21(9-11-26)12-30-14(3)16(21)25-31(28)20(4,5)6/h14H,7-12H2,1-6H3/b25-16+/t14-,31+/m0/s1. The van der Waals surface area contributed by atoms with Crippen molar-refractivity contribution in [2.75, 3.05) is 31.2 Å². The molecule has 0 aliphatic carbocycles. The molecule has 1 aromatic rings. The van der Waals surface area contributed by atoms with Crippen molar-refractivity contribution in [2.45, 2.75) is 65.2 Å². The number of piperidine rings is 1. The van der Waals surface area contributed by atoms with Gasteiger partial charge < -0.3 is 14.4 Å². The molecule has 3 rings (SSSR count). The summed E-state index contributed by atoms with van der Waals surface area (Å²) in [5.41, 5.74) is 1.58. The van der Waals surface area contributed by atoms with Gasteiger partial charge in [-0.25, -0.2) is 19.0 Å². The van der Waals surface area contributed by atoms with Crippen LogP contribution in [0.1, 0.15) is 63.6 Å². The highest BCUT2D eigenvalue weighted by molar-refractivity contribution is 9.10. The molecule has 172 valence electrons. The van der Waals surface area contributed by atoms with Gasteiger partial charge in [0.15, 0.2) is 11.5 Å². The van der Waals surface area contributed by atoms with Gasteiger partial charge in [-0.2, -0.15) is 4.40 Å². The minimum Gasteiger partial charge on any atom is -0.461 e. The lowest BCUT2D eigenvalue weighted by atomic mass is 9.75. The van der Waals surface area contributed by atoms with E-state index < -0.39 is 21.7 Å². The first-order valence-corrected chi connectivity index (χ1v) is 12.5. The largest absolute Gasteiger partial charge is 0.461 e. The van der Waals surface area contributed by atoms with Gasteiger partial charge in [0.2, 0.25) is 0 Å². The summed E-state index contributed by atoms with van der Waals surface area (Å²) in [7, 11) is -1.33. The van der Waals surface area contributed by atoms with Gasteiger partial charge in [0, 0.05) is 18.5 Å². The van der Waals surface area contributed by atoms with E-state index >= 15 is 0 Å². The molecule has 2 aliphatic rings. The monoisotopic (exact) mass is 514 g/mol. The zero-order valence-electron chi connectivity index (χ0n) is 19.0. The third kappa shape index (κ3) is 5.01. The molecule has 31 heavy (non-hydrogen) atoms. The summed E-state index contributed by atoms with van der Waals surface area (Å²) in [6, 6.07) is 0. The van der Waals surface area contributed by atoms with Crippen LogP contribution in [0, 0.1) is 12.3 Å². The van der Waals surface area contributed by atoms with E-state index in [0.29, 0.717) is 35.8 Å². The molecule has 0 amide bonds. The number of ether oxygens (including phenoxy) is 2. The highest BCUT2D eigenvalue weighted by atomic mass is 79.9. The molecular formula is C21H31BrN4O4S. The number of nitrogens with zero attached hydrogens (tertiary/aromatic N) is 4. The lowest BCUT2D eigenvalue weighted by Gasteiger charge is -2.39. The van der Waals surface area contributed by atoms with E-state index in [0.717, 1.165) is 18.6 Å². The van der Waals surface area contributed by atoms with E-state index in [2.05, 4.69) is 35.2 Å². The van der Waals surface area contributed by atoms with E-state index in [-0.39, 0.29) is 23.8 Å². The van der Waals surface area contributed by atoms with Crippen LogP contribution in [0.3, 0.4) is 0 Å². The molecule has 0 unspecified atom stereocenters. The number of hydrogen-bond donors (Lipinski definition) is 0. The van der Waals surface area contributed by atoms with Crippen molar-refractivity contribution in [3.63, 3.8) is 0 Å². The van der Waals surface area contributed by atoms with Gasteiger partial charge in [0.25, 0.3) is 0 Å². The van der Waals surface area contributed by atoms with Crippen LogP contribution < -0.4 is 4.90 Å². The molecular weight excluding hydrogens is 484 g/mol. The Hall–Kier alpha value is -1.39. The maximum atomic E-state index is 12.7. The zero-order valence-corrected chi connectivity index (χ0v) is 21.4. The molecule has 0 aromatic carbocycles. The first-order chi connectivity index (χ1) is 14.5. The molecule has 10 heteroatoms. The van der Waals surface area contributed by atoms with Crippen molar-refractivity contribution in [3.05, 3.63) is 16.0 Å². The van der Waals surface area contributed by atoms with Gasteiger partial charge in [0.05, 0.1) is 35.5 Å². The van der Waals surface area contributed by atoms with Gasteiger partial charge in [0.1, 0.15) is 15.6 Å². The second kappa shape index (κ2) is 9.23. The van der Waals surface area contributed by atoms with Gasteiger partial charge in [-0.15, -0.1) is 0 Å². The number of anilines is 1.